The molecule has 0 bridgehead atoms. The summed E-state index contributed by atoms with van der Waals surface area (Å²) >= 11 is 0. The van der Waals surface area contributed by atoms with E-state index in [1.54, 1.807) is 6.20 Å². The van der Waals surface area contributed by atoms with Crippen molar-refractivity contribution in [3.8, 4) is 11.3 Å². The molecule has 28 heavy (non-hydrogen) atoms. The zero-order valence-corrected chi connectivity index (χ0v) is 15.9. The molecule has 0 spiro atoms. The monoisotopic (exact) mass is 370 g/mol. The van der Waals surface area contributed by atoms with Gasteiger partial charge in [0.05, 0.1) is 24.1 Å². The van der Waals surface area contributed by atoms with Crippen LogP contribution in [0.3, 0.4) is 0 Å². The molecular formula is C22H22N6. The molecule has 0 amide bonds. The number of nitrogens with one attached hydrogen (secondary N) is 1. The molecule has 140 valence electrons. The van der Waals surface area contributed by atoms with Crippen LogP contribution in [0.25, 0.3) is 22.0 Å². The Hall–Kier alpha value is -3.28. The minimum Gasteiger partial charge on any atom is -0.337 e. The molecule has 0 atom stereocenters. The van der Waals surface area contributed by atoms with Crippen LogP contribution in [-0.2, 0) is 19.4 Å². The molecule has 5 rings (SSSR count). The van der Waals surface area contributed by atoms with Crippen molar-refractivity contribution in [3.05, 3.63) is 65.6 Å². The van der Waals surface area contributed by atoms with E-state index >= 15 is 0 Å². The molecule has 2 aromatic carbocycles. The van der Waals surface area contributed by atoms with E-state index in [0.29, 0.717) is 12.5 Å². The average molecular weight is 370 g/mol. The summed E-state index contributed by atoms with van der Waals surface area (Å²) in [5, 5.41) is 18.6. The Morgan fingerprint density at radius 1 is 1.04 bits per heavy atom. The molecule has 0 saturated carbocycles. The Morgan fingerprint density at radius 3 is 2.86 bits per heavy atom. The number of anilines is 1. The lowest BCUT2D eigenvalue weighted by Gasteiger charge is -2.18. The largest absolute Gasteiger partial charge is 0.337 e. The van der Waals surface area contributed by atoms with Gasteiger partial charge >= 0.3 is 0 Å². The fraction of sp³-hybridized carbons (Fsp3) is 0.273. The summed E-state index contributed by atoms with van der Waals surface area (Å²) in [4.78, 5) is 6.82. The summed E-state index contributed by atoms with van der Waals surface area (Å²) in [6, 6.07) is 14.6. The standard InChI is InChI=1S/C22H22N6/c1-28(14-21-18-10-4-5-12-19(18)25-26-21)22-24-20(13-23-27-22)17-11-6-8-15-7-2-3-9-16(15)17/h2-3,6-9,11,13H,4-5,10,12,14H2,1H3,(H,25,26). The van der Waals surface area contributed by atoms with Crippen LogP contribution in [0.2, 0.25) is 0 Å². The molecule has 1 N–H and O–H groups in total. The summed E-state index contributed by atoms with van der Waals surface area (Å²) in [7, 11) is 1.99. The highest BCUT2D eigenvalue weighted by Gasteiger charge is 2.19. The molecule has 1 aliphatic carbocycles. The predicted molar refractivity (Wildman–Crippen MR) is 110 cm³/mol. The van der Waals surface area contributed by atoms with E-state index in [0.717, 1.165) is 29.8 Å². The van der Waals surface area contributed by atoms with Gasteiger partial charge in [-0.2, -0.15) is 10.2 Å². The zero-order chi connectivity index (χ0) is 18.9. The summed E-state index contributed by atoms with van der Waals surface area (Å²) in [6.07, 6.45) is 6.41. The van der Waals surface area contributed by atoms with E-state index in [1.807, 2.05) is 24.1 Å². The number of hydrogen-bond acceptors (Lipinski definition) is 5. The highest BCUT2D eigenvalue weighted by Crippen LogP contribution is 2.28. The van der Waals surface area contributed by atoms with Gasteiger partial charge in [-0.1, -0.05) is 42.5 Å². The lowest BCUT2D eigenvalue weighted by Crippen LogP contribution is -2.21. The molecule has 6 heteroatoms. The maximum absolute atomic E-state index is 4.80. The van der Waals surface area contributed by atoms with Gasteiger partial charge < -0.3 is 4.90 Å². The number of rotatable bonds is 4. The predicted octanol–water partition coefficient (Wildman–Crippen LogP) is 3.93. The van der Waals surface area contributed by atoms with Crippen molar-refractivity contribution in [2.24, 2.45) is 0 Å². The Kier molecular flexibility index (Phi) is 4.24. The van der Waals surface area contributed by atoms with Crippen LogP contribution in [0, 0.1) is 0 Å². The van der Waals surface area contributed by atoms with Crippen molar-refractivity contribution >= 4 is 16.7 Å². The Balaban J connectivity index is 1.46. The Labute approximate surface area is 163 Å². The van der Waals surface area contributed by atoms with E-state index in [1.165, 1.54) is 34.9 Å². The molecular weight excluding hydrogens is 348 g/mol. The third-order valence-electron chi connectivity index (χ3n) is 5.48. The van der Waals surface area contributed by atoms with Gasteiger partial charge in [0.1, 0.15) is 0 Å². The van der Waals surface area contributed by atoms with Gasteiger partial charge in [0.25, 0.3) is 0 Å². The van der Waals surface area contributed by atoms with Gasteiger partial charge in [0.2, 0.25) is 5.95 Å². The number of aromatic nitrogens is 5. The second-order valence-electron chi connectivity index (χ2n) is 7.36. The van der Waals surface area contributed by atoms with E-state index in [9.17, 15) is 0 Å². The Morgan fingerprint density at radius 2 is 1.89 bits per heavy atom. The third-order valence-corrected chi connectivity index (χ3v) is 5.48. The summed E-state index contributed by atoms with van der Waals surface area (Å²) in [6.45, 7) is 0.673. The highest BCUT2D eigenvalue weighted by atomic mass is 15.3. The van der Waals surface area contributed by atoms with E-state index < -0.39 is 0 Å². The van der Waals surface area contributed by atoms with Crippen LogP contribution < -0.4 is 4.90 Å². The molecule has 4 aromatic rings. The molecule has 2 aromatic heterocycles. The van der Waals surface area contributed by atoms with Crippen LogP contribution in [0.15, 0.2) is 48.7 Å². The fourth-order valence-corrected chi connectivity index (χ4v) is 4.01. The van der Waals surface area contributed by atoms with E-state index in [4.69, 9.17) is 4.98 Å². The minimum atomic E-state index is 0.609. The van der Waals surface area contributed by atoms with E-state index in [-0.39, 0.29) is 0 Å². The topological polar surface area (TPSA) is 70.6 Å². The van der Waals surface area contributed by atoms with Gasteiger partial charge in [0.15, 0.2) is 0 Å². The van der Waals surface area contributed by atoms with Gasteiger partial charge in [-0.05, 0) is 42.0 Å². The minimum absolute atomic E-state index is 0.609. The van der Waals surface area contributed by atoms with Crippen molar-refractivity contribution in [2.75, 3.05) is 11.9 Å². The number of nitrogens with zero attached hydrogens (tertiary/aromatic N) is 5. The fourth-order valence-electron chi connectivity index (χ4n) is 4.01. The Bertz CT molecular complexity index is 1130. The number of fused-ring (bicyclic) bond motifs is 2. The molecule has 0 fully saturated rings. The quantitative estimate of drug-likeness (QED) is 0.589. The molecule has 0 unspecified atom stereocenters. The van der Waals surface area contributed by atoms with Gasteiger partial charge in [-0.3, -0.25) is 5.10 Å². The first kappa shape index (κ1) is 16.9. The van der Waals surface area contributed by atoms with Crippen LogP contribution in [-0.4, -0.2) is 32.4 Å². The van der Waals surface area contributed by atoms with Crippen LogP contribution in [0.5, 0.6) is 0 Å². The number of H-pyrrole nitrogens is 1. The van der Waals surface area contributed by atoms with Crippen molar-refractivity contribution in [3.63, 3.8) is 0 Å². The van der Waals surface area contributed by atoms with Crippen LogP contribution >= 0.6 is 0 Å². The zero-order valence-electron chi connectivity index (χ0n) is 15.9. The van der Waals surface area contributed by atoms with Gasteiger partial charge in [0, 0.05) is 18.3 Å². The SMILES string of the molecule is CN(Cc1n[nH]c2c1CCCC2)c1nncc(-c2cccc3ccccc23)n1. The van der Waals surface area contributed by atoms with Gasteiger partial charge in [-0.15, -0.1) is 5.10 Å². The van der Waals surface area contributed by atoms with E-state index in [2.05, 4.69) is 50.7 Å². The smallest absolute Gasteiger partial charge is 0.246 e. The maximum Gasteiger partial charge on any atom is 0.246 e. The normalized spacial score (nSPS) is 13.5. The lowest BCUT2D eigenvalue weighted by atomic mass is 9.96. The lowest BCUT2D eigenvalue weighted by molar-refractivity contribution is 0.671. The van der Waals surface area contributed by atoms with Crippen LogP contribution in [0.1, 0.15) is 29.8 Å². The second kappa shape index (κ2) is 7.03. The first-order chi connectivity index (χ1) is 13.8. The van der Waals surface area contributed by atoms with Crippen molar-refractivity contribution in [1.82, 2.24) is 25.4 Å². The van der Waals surface area contributed by atoms with Crippen molar-refractivity contribution in [1.29, 1.82) is 0 Å². The number of benzene rings is 2. The number of hydrogen-bond donors (Lipinski definition) is 1. The summed E-state index contributed by atoms with van der Waals surface area (Å²) < 4.78 is 0. The average Bonchev–Trinajstić information content (AvgIpc) is 3.16. The molecule has 0 radical (unpaired) electrons. The number of aromatic amines is 1. The molecule has 6 nitrogen and oxygen atoms in total. The third kappa shape index (κ3) is 3.01. The summed E-state index contributed by atoms with van der Waals surface area (Å²) in [5.74, 6) is 0.609. The summed E-state index contributed by atoms with van der Waals surface area (Å²) in [5.41, 5.74) is 5.66. The second-order valence-corrected chi connectivity index (χ2v) is 7.36. The highest BCUT2D eigenvalue weighted by molar-refractivity contribution is 5.95. The molecule has 2 heterocycles. The molecule has 0 aliphatic heterocycles. The number of aryl methyl sites for hydroxylation is 1. The molecule has 1 aliphatic rings. The first-order valence-corrected chi connectivity index (χ1v) is 9.73. The van der Waals surface area contributed by atoms with Crippen molar-refractivity contribution < 1.29 is 0 Å². The first-order valence-electron chi connectivity index (χ1n) is 9.73. The van der Waals surface area contributed by atoms with Gasteiger partial charge in [-0.25, -0.2) is 4.98 Å². The van der Waals surface area contributed by atoms with Crippen LogP contribution in [0.4, 0.5) is 5.95 Å². The maximum atomic E-state index is 4.80. The molecule has 0 saturated heterocycles. The van der Waals surface area contributed by atoms with Crippen molar-refractivity contribution in [2.45, 2.75) is 32.2 Å².